The van der Waals surface area contributed by atoms with Crippen LogP contribution in [0.5, 0.6) is 0 Å². The van der Waals surface area contributed by atoms with E-state index in [1.807, 2.05) is 30.3 Å². The first-order valence-corrected chi connectivity index (χ1v) is 6.29. The van der Waals surface area contributed by atoms with Crippen LogP contribution >= 0.6 is 11.3 Å². The second-order valence-corrected chi connectivity index (χ2v) is 4.92. The first-order chi connectivity index (χ1) is 8.70. The van der Waals surface area contributed by atoms with Gasteiger partial charge in [0.05, 0.1) is 4.88 Å². The molecule has 1 aromatic carbocycles. The fraction of sp³-hybridized carbons (Fsp3) is 0.143. The summed E-state index contributed by atoms with van der Waals surface area (Å²) in [5, 5.41) is 0. The van der Waals surface area contributed by atoms with E-state index in [1.165, 1.54) is 0 Å². The van der Waals surface area contributed by atoms with Crippen LogP contribution in [0.25, 0.3) is 0 Å². The van der Waals surface area contributed by atoms with Crippen molar-refractivity contribution >= 4 is 23.6 Å². The number of benzene rings is 1. The Kier molecular flexibility index (Phi) is 3.89. The number of rotatable bonds is 4. The molecule has 0 spiro atoms. The Bertz CT molecular complexity index is 558. The van der Waals surface area contributed by atoms with E-state index in [0.717, 1.165) is 28.7 Å². The Labute approximate surface area is 109 Å². The van der Waals surface area contributed by atoms with Crippen LogP contribution < -0.4 is 0 Å². The van der Waals surface area contributed by atoms with Crippen molar-refractivity contribution in [3.63, 3.8) is 0 Å². The molecular weight excluding hydrogens is 248 g/mol. The van der Waals surface area contributed by atoms with E-state index < -0.39 is 0 Å². The number of hydrogen-bond acceptors (Lipinski definition) is 4. The molecule has 0 N–H and O–H groups in total. The average Bonchev–Trinajstić information content (AvgIpc) is 2.78. The van der Waals surface area contributed by atoms with Gasteiger partial charge >= 0.3 is 5.97 Å². The molecule has 0 amide bonds. The zero-order valence-electron chi connectivity index (χ0n) is 9.88. The molecule has 0 saturated carbocycles. The Balaban J connectivity index is 2.01. The lowest BCUT2D eigenvalue weighted by atomic mass is 10.2. The predicted octanol–water partition coefficient (Wildman–Crippen LogP) is 3.23. The molecule has 0 radical (unpaired) electrons. The van der Waals surface area contributed by atoms with Crippen molar-refractivity contribution in [1.29, 1.82) is 0 Å². The maximum absolute atomic E-state index is 11.8. The summed E-state index contributed by atoms with van der Waals surface area (Å²) in [5.74, 6) is -0.389. The summed E-state index contributed by atoms with van der Waals surface area (Å²) in [7, 11) is 0. The molecule has 1 aromatic heterocycles. The third-order valence-corrected chi connectivity index (χ3v) is 3.62. The number of carbonyl (C=O) groups excluding carboxylic acids is 2. The van der Waals surface area contributed by atoms with Crippen molar-refractivity contribution in [2.45, 2.75) is 13.5 Å². The van der Waals surface area contributed by atoms with Gasteiger partial charge in [-0.3, -0.25) is 4.79 Å². The highest BCUT2D eigenvalue weighted by Gasteiger charge is 2.13. The van der Waals surface area contributed by atoms with Crippen LogP contribution in [0.3, 0.4) is 0 Å². The van der Waals surface area contributed by atoms with E-state index in [-0.39, 0.29) is 12.6 Å². The molecule has 1 heterocycles. The smallest absolute Gasteiger partial charge is 0.348 e. The normalized spacial score (nSPS) is 10.1. The van der Waals surface area contributed by atoms with Crippen LogP contribution in [0, 0.1) is 6.92 Å². The lowest BCUT2D eigenvalue weighted by molar-refractivity contribution is 0.0478. The second kappa shape index (κ2) is 5.60. The summed E-state index contributed by atoms with van der Waals surface area (Å²) in [6, 6.07) is 11.2. The first-order valence-electron chi connectivity index (χ1n) is 5.47. The van der Waals surface area contributed by atoms with Gasteiger partial charge in [0, 0.05) is 0 Å². The second-order valence-electron chi connectivity index (χ2n) is 3.84. The van der Waals surface area contributed by atoms with Gasteiger partial charge in [-0.05, 0) is 24.1 Å². The van der Waals surface area contributed by atoms with Gasteiger partial charge in [0.1, 0.15) is 11.5 Å². The third-order valence-electron chi connectivity index (χ3n) is 2.48. The van der Waals surface area contributed by atoms with E-state index in [0.29, 0.717) is 9.75 Å². The van der Waals surface area contributed by atoms with Gasteiger partial charge in [-0.1, -0.05) is 30.3 Å². The fourth-order valence-electron chi connectivity index (χ4n) is 1.51. The Morgan fingerprint density at radius 1 is 1.33 bits per heavy atom. The minimum absolute atomic E-state index is 0.243. The van der Waals surface area contributed by atoms with Gasteiger partial charge in [-0.15, -0.1) is 11.3 Å². The topological polar surface area (TPSA) is 43.4 Å². The predicted molar refractivity (Wildman–Crippen MR) is 70.0 cm³/mol. The molecule has 0 saturated heterocycles. The number of ether oxygens (including phenoxy) is 1. The number of hydrogen-bond donors (Lipinski definition) is 0. The van der Waals surface area contributed by atoms with Crippen LogP contribution in [-0.4, -0.2) is 12.3 Å². The summed E-state index contributed by atoms with van der Waals surface area (Å²) in [6.07, 6.45) is 0.758. The lowest BCUT2D eigenvalue weighted by Crippen LogP contribution is -2.02. The number of aldehydes is 1. The van der Waals surface area contributed by atoms with Gasteiger partial charge in [0.25, 0.3) is 0 Å². The van der Waals surface area contributed by atoms with Gasteiger partial charge in [-0.25, -0.2) is 4.79 Å². The highest BCUT2D eigenvalue weighted by Crippen LogP contribution is 2.21. The van der Waals surface area contributed by atoms with Crippen molar-refractivity contribution in [3.8, 4) is 0 Å². The molecule has 2 aromatic rings. The monoisotopic (exact) mass is 260 g/mol. The quantitative estimate of drug-likeness (QED) is 0.626. The third kappa shape index (κ3) is 2.84. The van der Waals surface area contributed by atoms with Crippen molar-refractivity contribution < 1.29 is 14.3 Å². The van der Waals surface area contributed by atoms with E-state index in [9.17, 15) is 9.59 Å². The zero-order valence-corrected chi connectivity index (χ0v) is 10.7. The number of esters is 1. The van der Waals surface area contributed by atoms with E-state index >= 15 is 0 Å². The molecule has 0 aliphatic carbocycles. The number of thiophene rings is 1. The summed E-state index contributed by atoms with van der Waals surface area (Å²) in [4.78, 5) is 23.5. The molecule has 4 heteroatoms. The Morgan fingerprint density at radius 2 is 2.06 bits per heavy atom. The maximum atomic E-state index is 11.8. The van der Waals surface area contributed by atoms with Crippen molar-refractivity contribution in [2.75, 3.05) is 0 Å². The summed E-state index contributed by atoms with van der Waals surface area (Å²) < 4.78 is 5.18. The standard InChI is InChI=1S/C14H12O3S/c1-10-7-12(18-13(10)8-15)14(16)17-9-11-5-3-2-4-6-11/h2-8H,9H2,1H3. The van der Waals surface area contributed by atoms with E-state index in [4.69, 9.17) is 4.74 Å². The summed E-state index contributed by atoms with van der Waals surface area (Å²) >= 11 is 1.16. The Morgan fingerprint density at radius 3 is 2.67 bits per heavy atom. The molecule has 0 aliphatic rings. The van der Waals surface area contributed by atoms with Crippen molar-refractivity contribution in [3.05, 3.63) is 57.3 Å². The van der Waals surface area contributed by atoms with Gasteiger partial charge in [-0.2, -0.15) is 0 Å². The fourth-order valence-corrected chi connectivity index (χ4v) is 2.39. The molecule has 0 atom stereocenters. The van der Waals surface area contributed by atoms with Crippen molar-refractivity contribution in [1.82, 2.24) is 0 Å². The Hall–Kier alpha value is -1.94. The molecule has 2 rings (SSSR count). The first kappa shape index (κ1) is 12.5. The van der Waals surface area contributed by atoms with E-state index in [1.54, 1.807) is 13.0 Å². The average molecular weight is 260 g/mol. The maximum Gasteiger partial charge on any atom is 0.348 e. The molecule has 0 unspecified atom stereocenters. The zero-order chi connectivity index (χ0) is 13.0. The van der Waals surface area contributed by atoms with Crippen LogP contribution in [0.2, 0.25) is 0 Å². The lowest BCUT2D eigenvalue weighted by Gasteiger charge is -2.02. The molecule has 0 bridgehead atoms. The molecule has 18 heavy (non-hydrogen) atoms. The van der Waals surface area contributed by atoms with Crippen LogP contribution in [0.4, 0.5) is 0 Å². The molecule has 3 nitrogen and oxygen atoms in total. The molecule has 92 valence electrons. The highest BCUT2D eigenvalue weighted by molar-refractivity contribution is 7.15. The van der Waals surface area contributed by atoms with Gasteiger partial charge < -0.3 is 4.74 Å². The largest absolute Gasteiger partial charge is 0.457 e. The van der Waals surface area contributed by atoms with E-state index in [2.05, 4.69) is 0 Å². The van der Waals surface area contributed by atoms with Crippen molar-refractivity contribution in [2.24, 2.45) is 0 Å². The molecule has 0 fully saturated rings. The highest BCUT2D eigenvalue weighted by atomic mass is 32.1. The summed E-state index contributed by atoms with van der Waals surface area (Å²) in [5.41, 5.74) is 1.75. The SMILES string of the molecule is Cc1cc(C(=O)OCc2ccccc2)sc1C=O. The molecular formula is C14H12O3S. The summed E-state index contributed by atoms with van der Waals surface area (Å²) in [6.45, 7) is 2.04. The van der Waals surface area contributed by atoms with Crippen LogP contribution in [0.1, 0.15) is 30.5 Å². The van der Waals surface area contributed by atoms with Crippen LogP contribution in [-0.2, 0) is 11.3 Å². The number of carbonyl (C=O) groups is 2. The molecule has 0 aliphatic heterocycles. The van der Waals surface area contributed by atoms with Gasteiger partial charge in [0.2, 0.25) is 0 Å². The minimum atomic E-state index is -0.389. The van der Waals surface area contributed by atoms with Gasteiger partial charge in [0.15, 0.2) is 6.29 Å². The number of aryl methyl sites for hydroxylation is 1. The minimum Gasteiger partial charge on any atom is -0.457 e. The van der Waals surface area contributed by atoms with Crippen LogP contribution in [0.15, 0.2) is 36.4 Å².